The van der Waals surface area contributed by atoms with Crippen LogP contribution in [0.15, 0.2) is 36.7 Å². The smallest absolute Gasteiger partial charge is 0.336 e. The van der Waals surface area contributed by atoms with Gasteiger partial charge >= 0.3 is 6.01 Å². The highest BCUT2D eigenvalue weighted by molar-refractivity contribution is 9.09. The van der Waals surface area contributed by atoms with Gasteiger partial charge in [0.1, 0.15) is 12.4 Å². The molecule has 5 heteroatoms. The molecule has 3 rings (SSSR count). The van der Waals surface area contributed by atoms with E-state index >= 15 is 0 Å². The molecule has 1 aliphatic rings. The summed E-state index contributed by atoms with van der Waals surface area (Å²) in [7, 11) is 0. The van der Waals surface area contributed by atoms with E-state index in [-0.39, 0.29) is 11.5 Å². The Bertz CT molecular complexity index is 567. The summed E-state index contributed by atoms with van der Waals surface area (Å²) in [6.07, 6.45) is 2.85. The number of halogens is 1. The highest BCUT2D eigenvalue weighted by Crippen LogP contribution is 2.47. The van der Waals surface area contributed by atoms with E-state index in [1.54, 1.807) is 11.0 Å². The van der Waals surface area contributed by atoms with Crippen LogP contribution in [-0.2, 0) is 0 Å². The summed E-state index contributed by atoms with van der Waals surface area (Å²) >= 11 is 3.65. The second kappa shape index (κ2) is 4.63. The number of nitrogens with zero attached hydrogens (tertiary/aromatic N) is 3. The van der Waals surface area contributed by atoms with Crippen molar-refractivity contribution < 1.29 is 4.74 Å². The molecule has 0 radical (unpaired) electrons. The first-order valence-electron chi connectivity index (χ1n) is 6.35. The Morgan fingerprint density at radius 1 is 1.32 bits per heavy atom. The molecule has 1 aromatic carbocycles. The minimum absolute atomic E-state index is 0.123. The van der Waals surface area contributed by atoms with Crippen LogP contribution in [0.25, 0.3) is 5.69 Å². The minimum Gasteiger partial charge on any atom is -0.458 e. The van der Waals surface area contributed by atoms with Crippen molar-refractivity contribution >= 4 is 15.9 Å². The van der Waals surface area contributed by atoms with Crippen LogP contribution in [0, 0.1) is 5.41 Å². The molecule has 2 aromatic rings. The molecule has 1 saturated carbocycles. The largest absolute Gasteiger partial charge is 0.458 e. The van der Waals surface area contributed by atoms with E-state index in [1.807, 2.05) is 30.3 Å². The minimum atomic E-state index is 0.123. The van der Waals surface area contributed by atoms with Crippen molar-refractivity contribution in [2.24, 2.45) is 5.41 Å². The van der Waals surface area contributed by atoms with Gasteiger partial charge in [-0.05, 0) is 18.6 Å². The molecule has 0 aliphatic heterocycles. The first-order chi connectivity index (χ1) is 9.07. The van der Waals surface area contributed by atoms with Crippen LogP contribution in [0.3, 0.4) is 0 Å². The van der Waals surface area contributed by atoms with Gasteiger partial charge in [-0.2, -0.15) is 4.98 Å². The zero-order valence-corrected chi connectivity index (χ0v) is 12.5. The van der Waals surface area contributed by atoms with Gasteiger partial charge in [0.25, 0.3) is 0 Å². The van der Waals surface area contributed by atoms with Gasteiger partial charge in [-0.25, -0.2) is 4.68 Å². The van der Waals surface area contributed by atoms with Gasteiger partial charge in [0.05, 0.1) is 5.69 Å². The maximum Gasteiger partial charge on any atom is 0.336 e. The summed E-state index contributed by atoms with van der Waals surface area (Å²) in [5.41, 5.74) is 1.11. The third-order valence-corrected chi connectivity index (χ3v) is 5.35. The first-order valence-corrected chi connectivity index (χ1v) is 7.27. The molecule has 1 fully saturated rings. The summed E-state index contributed by atoms with van der Waals surface area (Å²) in [6, 6.07) is 10.3. The molecule has 0 spiro atoms. The second-order valence-electron chi connectivity index (χ2n) is 5.44. The number of alkyl halides is 1. The van der Waals surface area contributed by atoms with E-state index in [2.05, 4.69) is 39.9 Å². The quantitative estimate of drug-likeness (QED) is 0.815. The number of ether oxygens (including phenoxy) is 1. The number of hydrogen-bond donors (Lipinski definition) is 0. The monoisotopic (exact) mass is 321 g/mol. The molecule has 100 valence electrons. The Balaban J connectivity index is 1.73. The lowest BCUT2D eigenvalue weighted by Gasteiger charge is -2.47. The third kappa shape index (κ3) is 2.27. The summed E-state index contributed by atoms with van der Waals surface area (Å²) in [6.45, 7) is 4.38. The zero-order valence-electron chi connectivity index (χ0n) is 11.0. The molecule has 0 N–H and O–H groups in total. The van der Waals surface area contributed by atoms with Gasteiger partial charge in [-0.1, -0.05) is 48.0 Å². The van der Waals surface area contributed by atoms with E-state index in [9.17, 15) is 0 Å². The highest BCUT2D eigenvalue weighted by Gasteiger charge is 2.49. The predicted molar refractivity (Wildman–Crippen MR) is 76.9 cm³/mol. The number of benzene rings is 1. The molecule has 1 aromatic heterocycles. The van der Waals surface area contributed by atoms with Gasteiger partial charge in [-0.15, -0.1) is 5.10 Å². The lowest BCUT2D eigenvalue weighted by molar-refractivity contribution is -0.0139. The molecule has 2 unspecified atom stereocenters. The third-order valence-electron chi connectivity index (χ3n) is 3.80. The first kappa shape index (κ1) is 12.7. The maximum atomic E-state index is 5.87. The van der Waals surface area contributed by atoms with Crippen LogP contribution < -0.4 is 4.74 Å². The fourth-order valence-electron chi connectivity index (χ4n) is 2.17. The average molecular weight is 322 g/mol. The summed E-state index contributed by atoms with van der Waals surface area (Å²) in [5.74, 6) is 0. The topological polar surface area (TPSA) is 39.9 Å². The Morgan fingerprint density at radius 2 is 2.05 bits per heavy atom. The molecule has 0 saturated heterocycles. The molecule has 2 atom stereocenters. The van der Waals surface area contributed by atoms with Crippen molar-refractivity contribution in [2.45, 2.75) is 31.2 Å². The summed E-state index contributed by atoms with van der Waals surface area (Å²) < 4.78 is 7.59. The fraction of sp³-hybridized carbons (Fsp3) is 0.429. The zero-order chi connectivity index (χ0) is 13.5. The lowest BCUT2D eigenvalue weighted by Crippen LogP contribution is -2.53. The van der Waals surface area contributed by atoms with Crippen molar-refractivity contribution in [1.29, 1.82) is 0 Å². The van der Waals surface area contributed by atoms with Crippen LogP contribution in [0.2, 0.25) is 0 Å². The molecule has 1 aliphatic carbocycles. The average Bonchev–Trinajstić information content (AvgIpc) is 2.88. The number of rotatable bonds is 3. The maximum absolute atomic E-state index is 5.87. The standard InChI is InChI=1S/C14H16BrN3O/c1-14(2)11(15)8-12(14)19-13-16-9-18(17-13)10-6-4-3-5-7-10/h3-7,9,11-12H,8H2,1-2H3. The SMILES string of the molecule is CC1(C)C(Br)CC1Oc1ncn(-c2ccccc2)n1. The van der Waals surface area contributed by atoms with Crippen molar-refractivity contribution in [3.05, 3.63) is 36.7 Å². The fourth-order valence-corrected chi connectivity index (χ4v) is 2.81. The van der Waals surface area contributed by atoms with Crippen LogP contribution in [0.4, 0.5) is 0 Å². The molecule has 1 heterocycles. The molecule has 19 heavy (non-hydrogen) atoms. The molecule has 4 nitrogen and oxygen atoms in total. The van der Waals surface area contributed by atoms with Gasteiger partial charge in [0.2, 0.25) is 0 Å². The van der Waals surface area contributed by atoms with Crippen LogP contribution in [0.5, 0.6) is 6.01 Å². The van der Waals surface area contributed by atoms with E-state index in [0.29, 0.717) is 10.8 Å². The highest BCUT2D eigenvalue weighted by atomic mass is 79.9. The van der Waals surface area contributed by atoms with Crippen LogP contribution in [-0.4, -0.2) is 25.7 Å². The molecule has 0 bridgehead atoms. The number of para-hydroxylation sites is 1. The summed E-state index contributed by atoms with van der Waals surface area (Å²) in [5, 5.41) is 4.36. The lowest BCUT2D eigenvalue weighted by atomic mass is 9.69. The van der Waals surface area contributed by atoms with Gasteiger partial charge in [0.15, 0.2) is 0 Å². The Labute approximate surface area is 120 Å². The molecule has 0 amide bonds. The van der Waals surface area contributed by atoms with Crippen molar-refractivity contribution in [1.82, 2.24) is 14.8 Å². The van der Waals surface area contributed by atoms with Gasteiger partial charge in [0, 0.05) is 10.2 Å². The van der Waals surface area contributed by atoms with Crippen molar-refractivity contribution in [3.63, 3.8) is 0 Å². The van der Waals surface area contributed by atoms with Crippen molar-refractivity contribution in [3.8, 4) is 11.7 Å². The Kier molecular flexibility index (Phi) is 3.09. The Hall–Kier alpha value is -1.36. The van der Waals surface area contributed by atoms with Gasteiger partial charge < -0.3 is 4.74 Å². The second-order valence-corrected chi connectivity index (χ2v) is 6.54. The van der Waals surface area contributed by atoms with Crippen LogP contribution in [0.1, 0.15) is 20.3 Å². The number of hydrogen-bond acceptors (Lipinski definition) is 3. The van der Waals surface area contributed by atoms with Crippen molar-refractivity contribution in [2.75, 3.05) is 0 Å². The Morgan fingerprint density at radius 3 is 2.68 bits per heavy atom. The van der Waals surface area contributed by atoms with E-state index in [1.165, 1.54) is 0 Å². The molecular formula is C14H16BrN3O. The van der Waals surface area contributed by atoms with E-state index < -0.39 is 0 Å². The van der Waals surface area contributed by atoms with E-state index in [4.69, 9.17) is 4.74 Å². The molecular weight excluding hydrogens is 306 g/mol. The number of aromatic nitrogens is 3. The summed E-state index contributed by atoms with van der Waals surface area (Å²) in [4.78, 5) is 4.72. The predicted octanol–water partition coefficient (Wildman–Crippen LogP) is 3.21. The normalized spacial score (nSPS) is 24.8. The van der Waals surface area contributed by atoms with E-state index in [0.717, 1.165) is 12.1 Å². The van der Waals surface area contributed by atoms with Crippen LogP contribution >= 0.6 is 15.9 Å². The van der Waals surface area contributed by atoms with Gasteiger partial charge in [-0.3, -0.25) is 0 Å².